The molecule has 5 saturated heterocycles. The van der Waals surface area contributed by atoms with Gasteiger partial charge >= 0.3 is 12.2 Å². The number of anilines is 2. The number of nitrogens with zero attached hydrogens (tertiary/aromatic N) is 5. The Morgan fingerprint density at radius 2 is 1.71 bits per heavy atom. The van der Waals surface area contributed by atoms with Gasteiger partial charge in [-0.3, -0.25) is 14.5 Å². The number of urea groups is 1. The van der Waals surface area contributed by atoms with E-state index in [1.807, 2.05) is 10.3 Å². The average Bonchev–Trinajstić information content (AvgIpc) is 3.51. The lowest BCUT2D eigenvalue weighted by Gasteiger charge is -2.51. The second-order valence-corrected chi connectivity index (χ2v) is 15.9. The number of rotatable bonds is 8. The van der Waals surface area contributed by atoms with Crippen LogP contribution in [0.4, 0.5) is 29.3 Å². The van der Waals surface area contributed by atoms with Crippen LogP contribution in [0, 0.1) is 11.8 Å². The van der Waals surface area contributed by atoms with Crippen LogP contribution in [0.2, 0.25) is 5.02 Å². The number of carbonyl (C=O) groups is 3. The third-order valence-corrected chi connectivity index (χ3v) is 12.9. The fraction of sp³-hybridized carbons (Fsp3) is 0.639. The van der Waals surface area contributed by atoms with Crippen molar-refractivity contribution in [2.45, 2.75) is 63.2 Å². The topological polar surface area (TPSA) is 91.5 Å². The molecule has 5 fully saturated rings. The van der Waals surface area contributed by atoms with Crippen molar-refractivity contribution in [1.82, 2.24) is 24.5 Å². The molecule has 8 rings (SSSR count). The van der Waals surface area contributed by atoms with Crippen molar-refractivity contribution < 1.29 is 27.6 Å². The third-order valence-electron chi connectivity index (χ3n) is 11.8. The molecule has 0 radical (unpaired) electrons. The first-order chi connectivity index (χ1) is 24.5. The van der Waals surface area contributed by atoms with Gasteiger partial charge in [0.1, 0.15) is 0 Å². The molecule has 15 heteroatoms. The first kappa shape index (κ1) is 36.3. The zero-order valence-electron chi connectivity index (χ0n) is 29.0. The second-order valence-electron chi connectivity index (χ2n) is 14.7. The zero-order valence-corrected chi connectivity index (χ0v) is 30.6. The van der Waals surface area contributed by atoms with Crippen molar-refractivity contribution in [3.63, 3.8) is 0 Å². The normalized spacial score (nSPS) is 25.3. The molecule has 2 atom stereocenters. The number of hydrogen-bond acceptors (Lipinski definition) is 7. The molecule has 2 aromatic rings. The summed E-state index contributed by atoms with van der Waals surface area (Å²) in [7, 11) is 1.39. The van der Waals surface area contributed by atoms with Crippen molar-refractivity contribution in [3.05, 3.63) is 44.6 Å². The molecular weight excluding hydrogens is 703 g/mol. The summed E-state index contributed by atoms with van der Waals surface area (Å²) in [6.45, 7) is 7.40. The van der Waals surface area contributed by atoms with Crippen LogP contribution < -0.4 is 10.6 Å². The Balaban J connectivity index is 1.03. The van der Waals surface area contributed by atoms with E-state index in [1.165, 1.54) is 26.0 Å². The fourth-order valence-electron chi connectivity index (χ4n) is 8.94. The first-order valence-corrected chi connectivity index (χ1v) is 19.5. The highest BCUT2D eigenvalue weighted by Gasteiger charge is 2.41. The molecule has 10 nitrogen and oxygen atoms in total. The quantitative estimate of drug-likeness (QED) is 0.380. The Labute approximate surface area is 306 Å². The average molecular weight is 750 g/mol. The van der Waals surface area contributed by atoms with Crippen LogP contribution in [-0.2, 0) is 28.6 Å². The van der Waals surface area contributed by atoms with Gasteiger partial charge in [-0.15, -0.1) is 11.3 Å². The molecule has 6 aliphatic heterocycles. The summed E-state index contributed by atoms with van der Waals surface area (Å²) in [6.07, 6.45) is -0.388. The van der Waals surface area contributed by atoms with E-state index in [9.17, 15) is 27.6 Å². The highest BCUT2D eigenvalue weighted by atomic mass is 35.5. The summed E-state index contributed by atoms with van der Waals surface area (Å²) in [6, 6.07) is 2.87. The number of likely N-dealkylation sites (tertiary alicyclic amines) is 1. The maximum Gasteiger partial charge on any atom is 0.418 e. The van der Waals surface area contributed by atoms with Crippen molar-refractivity contribution in [1.29, 1.82) is 0 Å². The molecular formula is C36H47ClF3N7O3S. The number of nitrogens with one attached hydrogen (secondary N) is 2. The van der Waals surface area contributed by atoms with E-state index in [2.05, 4.69) is 25.8 Å². The number of amides is 4. The van der Waals surface area contributed by atoms with E-state index in [0.29, 0.717) is 57.5 Å². The molecule has 0 spiro atoms. The van der Waals surface area contributed by atoms with Gasteiger partial charge < -0.3 is 30.2 Å². The van der Waals surface area contributed by atoms with Gasteiger partial charge in [0.05, 0.1) is 27.9 Å². The molecule has 1 unspecified atom stereocenters. The van der Waals surface area contributed by atoms with Gasteiger partial charge in [0, 0.05) is 83.3 Å². The minimum Gasteiger partial charge on any atom is -0.386 e. The molecule has 51 heavy (non-hydrogen) atoms. The number of benzene rings is 1. The molecule has 1 aromatic heterocycles. The number of carbonyl (C=O) groups excluding carboxylic acids is 3. The Morgan fingerprint density at radius 1 is 0.980 bits per heavy atom. The molecule has 2 bridgehead atoms. The minimum atomic E-state index is -4.65. The maximum atomic E-state index is 14.2. The number of thiophene rings is 1. The molecule has 0 aliphatic carbocycles. The number of piperidine rings is 4. The second kappa shape index (κ2) is 15.1. The highest BCUT2D eigenvalue weighted by molar-refractivity contribution is 7.08. The molecule has 6 aliphatic rings. The van der Waals surface area contributed by atoms with Crippen LogP contribution in [0.3, 0.4) is 0 Å². The first-order valence-electron chi connectivity index (χ1n) is 18.2. The van der Waals surface area contributed by atoms with Crippen LogP contribution in [0.5, 0.6) is 0 Å². The van der Waals surface area contributed by atoms with Crippen molar-refractivity contribution in [2.75, 3.05) is 83.1 Å². The number of halogens is 4. The summed E-state index contributed by atoms with van der Waals surface area (Å²) in [5.74, 6) is -0.565. The Kier molecular flexibility index (Phi) is 10.8. The lowest BCUT2D eigenvalue weighted by molar-refractivity contribution is -0.143. The van der Waals surface area contributed by atoms with Crippen LogP contribution >= 0.6 is 22.9 Å². The van der Waals surface area contributed by atoms with Crippen LogP contribution in [0.15, 0.2) is 22.9 Å². The third kappa shape index (κ3) is 7.84. The lowest BCUT2D eigenvalue weighted by atomic mass is 9.83. The van der Waals surface area contributed by atoms with Crippen LogP contribution in [0.1, 0.15) is 48.8 Å². The van der Waals surface area contributed by atoms with E-state index >= 15 is 0 Å². The number of piperazine rings is 1. The molecule has 4 amide bonds. The minimum absolute atomic E-state index is 0.0137. The summed E-state index contributed by atoms with van der Waals surface area (Å²) in [4.78, 5) is 51.6. The van der Waals surface area contributed by atoms with E-state index in [0.717, 1.165) is 56.5 Å². The molecule has 7 heterocycles. The fourth-order valence-corrected chi connectivity index (χ4v) is 10.1. The van der Waals surface area contributed by atoms with Crippen molar-refractivity contribution in [2.24, 2.45) is 11.8 Å². The smallest absolute Gasteiger partial charge is 0.386 e. The van der Waals surface area contributed by atoms with Crippen molar-refractivity contribution in [3.8, 4) is 0 Å². The maximum absolute atomic E-state index is 14.2. The van der Waals surface area contributed by atoms with Gasteiger partial charge in [-0.05, 0) is 86.2 Å². The van der Waals surface area contributed by atoms with E-state index < -0.39 is 17.7 Å². The summed E-state index contributed by atoms with van der Waals surface area (Å²) in [5.41, 5.74) is 1.14. The number of fused-ring (bicyclic) bond motifs is 4. The lowest BCUT2D eigenvalue weighted by Crippen LogP contribution is -2.61. The molecule has 1 aromatic carbocycles. The van der Waals surface area contributed by atoms with Crippen LogP contribution in [0.25, 0.3) is 0 Å². The van der Waals surface area contributed by atoms with Crippen LogP contribution in [-0.4, -0.2) is 127 Å². The van der Waals surface area contributed by atoms with Crippen molar-refractivity contribution >= 4 is 52.2 Å². The van der Waals surface area contributed by atoms with E-state index in [1.54, 1.807) is 21.1 Å². The number of hydrogen-bond donors (Lipinski definition) is 2. The van der Waals surface area contributed by atoms with Gasteiger partial charge in [-0.2, -0.15) is 13.2 Å². The van der Waals surface area contributed by atoms with Gasteiger partial charge in [0.15, 0.2) is 0 Å². The predicted molar refractivity (Wildman–Crippen MR) is 192 cm³/mol. The zero-order chi connectivity index (χ0) is 35.9. The molecule has 2 N–H and O–H groups in total. The van der Waals surface area contributed by atoms with Gasteiger partial charge in [-0.25, -0.2) is 4.79 Å². The summed E-state index contributed by atoms with van der Waals surface area (Å²) in [5, 5.41) is 9.49. The SMILES string of the molecule is CNc1c(Cl)cc(C[C@@H](CC(=O)N2CCC(N3CCc4cscc4NC3=O)CC2)C(=O)N2CCN(C3CN4CCC3CC4)CC2)cc1C(F)(F)F. The molecule has 278 valence electrons. The number of alkyl halides is 3. The largest absolute Gasteiger partial charge is 0.418 e. The van der Waals surface area contributed by atoms with Gasteiger partial charge in [-0.1, -0.05) is 11.6 Å². The Bertz CT molecular complexity index is 1600. The summed E-state index contributed by atoms with van der Waals surface area (Å²) < 4.78 is 42.2. The predicted octanol–water partition coefficient (Wildman–Crippen LogP) is 5.33. The Hall–Kier alpha value is -3.07. The standard InChI is InChI=1S/C36H47ClF3N7O3S/c1-41-33-28(36(38,39)40)17-23(18-29(33)37)16-26(34(49)46-14-12-44(13-15-46)31-20-43-7-2-24(31)3-8-43)19-32(48)45-9-5-27(6-10-45)47-11-4-25-21-51-22-30(25)42-35(47)50/h17-18,21-22,24,26-27,31,41H,2-16,19-20H2,1H3,(H,42,50)/t26-,31?/m0/s1. The van der Waals surface area contributed by atoms with Gasteiger partial charge in [0.2, 0.25) is 11.8 Å². The van der Waals surface area contributed by atoms with E-state index in [4.69, 9.17) is 11.6 Å². The molecule has 0 saturated carbocycles. The monoisotopic (exact) mass is 749 g/mol. The summed E-state index contributed by atoms with van der Waals surface area (Å²) >= 11 is 7.91. The van der Waals surface area contributed by atoms with E-state index in [-0.39, 0.29) is 53.0 Å². The van der Waals surface area contributed by atoms with Gasteiger partial charge in [0.25, 0.3) is 0 Å². The Morgan fingerprint density at radius 3 is 2.35 bits per heavy atom. The highest BCUT2D eigenvalue weighted by Crippen LogP contribution is 2.40.